The van der Waals surface area contributed by atoms with Crippen LogP contribution < -0.4 is 0 Å². The molecule has 0 aromatic heterocycles. The number of ketones is 1. The second-order valence-corrected chi connectivity index (χ2v) is 8.56. The minimum absolute atomic E-state index is 0.149. The van der Waals surface area contributed by atoms with E-state index in [2.05, 4.69) is 6.58 Å². The summed E-state index contributed by atoms with van der Waals surface area (Å²) in [6.07, 6.45) is -4.49. The van der Waals surface area contributed by atoms with Gasteiger partial charge in [0.2, 0.25) is 0 Å². The van der Waals surface area contributed by atoms with Gasteiger partial charge in [-0.05, 0) is 26.7 Å². The Morgan fingerprint density at radius 2 is 1.97 bits per heavy atom. The van der Waals surface area contributed by atoms with E-state index in [1.54, 1.807) is 19.9 Å². The molecule has 2 fully saturated rings. The van der Waals surface area contributed by atoms with E-state index >= 15 is 0 Å². The fourth-order valence-corrected chi connectivity index (χ4v) is 4.74. The van der Waals surface area contributed by atoms with Crippen LogP contribution in [0.5, 0.6) is 0 Å². The van der Waals surface area contributed by atoms with E-state index in [1.165, 1.54) is 6.08 Å². The summed E-state index contributed by atoms with van der Waals surface area (Å²) in [5.74, 6) is -0.273. The van der Waals surface area contributed by atoms with Gasteiger partial charge in [0, 0.05) is 17.4 Å². The zero-order valence-corrected chi connectivity index (χ0v) is 16.6. The molecule has 8 atom stereocenters. The number of hydrogen-bond donors (Lipinski definition) is 5. The van der Waals surface area contributed by atoms with Crippen molar-refractivity contribution < 1.29 is 44.5 Å². The molecular weight excluding hydrogens is 384 g/mol. The maximum Gasteiger partial charge on any atom is 0.187 e. The number of aliphatic hydroxyl groups is 5. The molecule has 3 rings (SSSR count). The first-order chi connectivity index (χ1) is 13.6. The molecule has 29 heavy (non-hydrogen) atoms. The molecule has 5 N–H and O–H groups in total. The lowest BCUT2D eigenvalue weighted by atomic mass is 9.62. The number of carbonyl (C=O) groups excluding carboxylic acids is 1. The first-order valence-electron chi connectivity index (χ1n) is 9.73. The number of carbonyl (C=O) groups is 1. The van der Waals surface area contributed by atoms with Gasteiger partial charge in [0.25, 0.3) is 0 Å². The Balaban J connectivity index is 1.87. The highest BCUT2D eigenvalue weighted by Gasteiger charge is 2.59. The summed E-state index contributed by atoms with van der Waals surface area (Å²) in [6.45, 7) is 6.98. The van der Waals surface area contributed by atoms with Gasteiger partial charge < -0.3 is 39.7 Å². The van der Waals surface area contributed by atoms with Gasteiger partial charge >= 0.3 is 0 Å². The highest BCUT2D eigenvalue weighted by molar-refractivity contribution is 5.95. The lowest BCUT2D eigenvalue weighted by molar-refractivity contribution is -0.331. The number of aliphatic hydroxyl groups excluding tert-OH is 5. The van der Waals surface area contributed by atoms with Crippen LogP contribution in [0.4, 0.5) is 0 Å². The van der Waals surface area contributed by atoms with Crippen LogP contribution in [0.3, 0.4) is 0 Å². The normalized spacial score (nSPS) is 42.8. The minimum atomic E-state index is -1.55. The maximum atomic E-state index is 11.9. The van der Waals surface area contributed by atoms with Gasteiger partial charge in [-0.1, -0.05) is 6.08 Å². The van der Waals surface area contributed by atoms with Gasteiger partial charge in [-0.25, -0.2) is 0 Å². The summed E-state index contributed by atoms with van der Waals surface area (Å²) in [5, 5.41) is 49.9. The lowest BCUT2D eigenvalue weighted by Gasteiger charge is -2.47. The van der Waals surface area contributed by atoms with E-state index in [0.717, 1.165) is 0 Å². The zero-order valence-electron chi connectivity index (χ0n) is 16.6. The molecule has 2 saturated heterocycles. The van der Waals surface area contributed by atoms with E-state index in [-0.39, 0.29) is 18.9 Å². The molecule has 0 unspecified atom stereocenters. The van der Waals surface area contributed by atoms with Gasteiger partial charge in [-0.15, -0.1) is 6.58 Å². The molecule has 2 aliphatic heterocycles. The molecule has 0 saturated carbocycles. The summed E-state index contributed by atoms with van der Waals surface area (Å²) in [4.78, 5) is 11.9. The summed E-state index contributed by atoms with van der Waals surface area (Å²) < 4.78 is 17.3. The van der Waals surface area contributed by atoms with Gasteiger partial charge in [-0.2, -0.15) is 0 Å². The first-order valence-corrected chi connectivity index (χ1v) is 9.73. The van der Waals surface area contributed by atoms with E-state index in [1.807, 2.05) is 0 Å². The molecule has 0 radical (unpaired) electrons. The van der Waals surface area contributed by atoms with E-state index in [4.69, 9.17) is 14.2 Å². The van der Waals surface area contributed by atoms with Crippen molar-refractivity contribution in [1.29, 1.82) is 0 Å². The summed E-state index contributed by atoms with van der Waals surface area (Å²) in [7, 11) is 0. The lowest BCUT2D eigenvalue weighted by Crippen LogP contribution is -2.61. The second-order valence-electron chi connectivity index (χ2n) is 8.56. The van der Waals surface area contributed by atoms with E-state index < -0.39 is 60.2 Å². The number of ether oxygens (including phenoxy) is 3. The van der Waals surface area contributed by atoms with Crippen LogP contribution in [0.1, 0.15) is 26.7 Å². The van der Waals surface area contributed by atoms with Crippen LogP contribution in [0.2, 0.25) is 0 Å². The van der Waals surface area contributed by atoms with Crippen molar-refractivity contribution in [3.63, 3.8) is 0 Å². The molecule has 164 valence electrons. The van der Waals surface area contributed by atoms with Crippen molar-refractivity contribution in [2.45, 2.75) is 69.1 Å². The van der Waals surface area contributed by atoms with Gasteiger partial charge in [-0.3, -0.25) is 4.79 Å². The number of rotatable bonds is 6. The third kappa shape index (κ3) is 3.76. The third-order valence-electron chi connectivity index (χ3n) is 6.34. The summed E-state index contributed by atoms with van der Waals surface area (Å²) >= 11 is 0. The Morgan fingerprint density at radius 1 is 1.28 bits per heavy atom. The highest BCUT2D eigenvalue weighted by atomic mass is 16.7. The average molecular weight is 414 g/mol. The van der Waals surface area contributed by atoms with Gasteiger partial charge in [0.15, 0.2) is 12.1 Å². The molecule has 9 heteroatoms. The average Bonchev–Trinajstić information content (AvgIpc) is 3.01. The Kier molecular flexibility index (Phi) is 6.22. The zero-order chi connectivity index (χ0) is 21.6. The Bertz CT molecular complexity index is 673. The van der Waals surface area contributed by atoms with Crippen molar-refractivity contribution in [3.05, 3.63) is 24.5 Å². The first kappa shape index (κ1) is 22.4. The van der Waals surface area contributed by atoms with Crippen LogP contribution in [0.25, 0.3) is 0 Å². The Labute approximate surface area is 169 Å². The fourth-order valence-electron chi connectivity index (χ4n) is 4.74. The fraction of sp³-hybridized carbons (Fsp3) is 0.750. The molecule has 1 aliphatic carbocycles. The SMILES string of the molecule is C=CC[C@]12C[C@@H](O)C(=O)C=C1OC[C@H]2C(C)(C)O[C@@H]1O[C@H](CO)[C@@H](O)[C@H](O)[C@H]1O. The van der Waals surface area contributed by atoms with Crippen LogP contribution in [-0.4, -0.2) is 86.9 Å². The van der Waals surface area contributed by atoms with Crippen molar-refractivity contribution in [2.75, 3.05) is 13.2 Å². The molecule has 0 aromatic carbocycles. The number of hydrogen-bond acceptors (Lipinski definition) is 9. The molecule has 0 bridgehead atoms. The van der Waals surface area contributed by atoms with Gasteiger partial charge in [0.1, 0.15) is 36.3 Å². The summed E-state index contributed by atoms with van der Waals surface area (Å²) in [6, 6.07) is 0. The van der Waals surface area contributed by atoms with Crippen molar-refractivity contribution in [2.24, 2.45) is 11.3 Å². The van der Waals surface area contributed by atoms with Crippen LogP contribution in [0, 0.1) is 11.3 Å². The van der Waals surface area contributed by atoms with Crippen LogP contribution >= 0.6 is 0 Å². The van der Waals surface area contributed by atoms with Crippen LogP contribution in [-0.2, 0) is 19.0 Å². The molecular formula is C20H30O9. The molecule has 0 aromatic rings. The van der Waals surface area contributed by atoms with E-state index in [9.17, 15) is 30.3 Å². The second kappa shape index (κ2) is 8.07. The smallest absolute Gasteiger partial charge is 0.187 e. The third-order valence-corrected chi connectivity index (χ3v) is 6.34. The molecule has 0 amide bonds. The highest BCUT2D eigenvalue weighted by Crippen LogP contribution is 2.56. The molecule has 0 spiro atoms. The molecule has 3 aliphatic rings. The Morgan fingerprint density at radius 3 is 2.59 bits per heavy atom. The largest absolute Gasteiger partial charge is 0.497 e. The van der Waals surface area contributed by atoms with Crippen molar-refractivity contribution in [1.82, 2.24) is 0 Å². The van der Waals surface area contributed by atoms with E-state index in [0.29, 0.717) is 12.2 Å². The quantitative estimate of drug-likeness (QED) is 0.346. The number of fused-ring (bicyclic) bond motifs is 1. The summed E-state index contributed by atoms with van der Waals surface area (Å²) in [5.41, 5.74) is -1.71. The molecule has 2 heterocycles. The van der Waals surface area contributed by atoms with Crippen molar-refractivity contribution in [3.8, 4) is 0 Å². The maximum absolute atomic E-state index is 11.9. The standard InChI is InChI=1S/C20H30O9/c1-4-5-20-7-11(23)10(22)6-14(20)27-9-13(20)19(2,3)29-18-17(26)16(25)15(24)12(8-21)28-18/h4,6,11-13,15-18,21,23-26H,1,5,7-9H2,2-3H3/t11-,12-,13+,15-,16+,17-,18+,20-/m1/s1. The van der Waals surface area contributed by atoms with Crippen LogP contribution in [0.15, 0.2) is 24.5 Å². The van der Waals surface area contributed by atoms with Gasteiger partial charge in [0.05, 0.1) is 18.8 Å². The predicted octanol–water partition coefficient (Wildman–Crippen LogP) is -0.992. The molecule has 9 nitrogen and oxygen atoms in total. The topological polar surface area (TPSA) is 146 Å². The Hall–Kier alpha value is -1.33. The minimum Gasteiger partial charge on any atom is -0.497 e. The number of allylic oxidation sites excluding steroid dienone is 2. The van der Waals surface area contributed by atoms with Crippen molar-refractivity contribution >= 4 is 5.78 Å². The predicted molar refractivity (Wildman–Crippen MR) is 99.3 cm³/mol. The monoisotopic (exact) mass is 414 g/mol.